The van der Waals surface area contributed by atoms with Crippen LogP contribution >= 0.6 is 23.1 Å². The quantitative estimate of drug-likeness (QED) is 0.814. The number of carboxylic acids is 1. The Balaban J connectivity index is 2.21. The van der Waals surface area contributed by atoms with Crippen molar-refractivity contribution in [3.63, 3.8) is 0 Å². The first-order valence-electron chi connectivity index (χ1n) is 4.07. The molecule has 1 aromatic heterocycles. The molecule has 0 saturated carbocycles. The molecule has 0 fully saturated rings. The molecule has 0 aliphatic heterocycles. The van der Waals surface area contributed by atoms with Crippen LogP contribution < -0.4 is 0 Å². The standard InChI is InChI=1S/C10H8O2S2/c11-10(12)6-14-8-1-2-9-7(5-8)3-4-13-9/h1-5H,6H2,(H,11,12). The second-order valence-electron chi connectivity index (χ2n) is 2.80. The molecule has 72 valence electrons. The zero-order valence-corrected chi connectivity index (χ0v) is 8.90. The van der Waals surface area contributed by atoms with Crippen LogP contribution in [0.4, 0.5) is 0 Å². The van der Waals surface area contributed by atoms with Crippen LogP contribution in [0.1, 0.15) is 0 Å². The molecule has 0 radical (unpaired) electrons. The molecule has 0 aliphatic carbocycles. The van der Waals surface area contributed by atoms with Crippen LogP contribution in [0.5, 0.6) is 0 Å². The minimum absolute atomic E-state index is 0.121. The lowest BCUT2D eigenvalue weighted by molar-refractivity contribution is -0.133. The van der Waals surface area contributed by atoms with Gasteiger partial charge in [-0.1, -0.05) is 0 Å². The van der Waals surface area contributed by atoms with Gasteiger partial charge >= 0.3 is 5.97 Å². The van der Waals surface area contributed by atoms with Gasteiger partial charge in [-0.05, 0) is 35.0 Å². The fourth-order valence-corrected chi connectivity index (χ4v) is 2.62. The molecule has 1 aromatic carbocycles. The van der Waals surface area contributed by atoms with Crippen LogP contribution in [0.15, 0.2) is 34.5 Å². The summed E-state index contributed by atoms with van der Waals surface area (Å²) in [5, 5.41) is 11.8. The molecule has 1 heterocycles. The summed E-state index contributed by atoms with van der Waals surface area (Å²) in [6.45, 7) is 0. The van der Waals surface area contributed by atoms with E-state index in [0.717, 1.165) is 4.90 Å². The van der Waals surface area contributed by atoms with E-state index in [1.807, 2.05) is 29.6 Å². The first-order valence-corrected chi connectivity index (χ1v) is 5.94. The van der Waals surface area contributed by atoms with Crippen molar-refractivity contribution in [1.82, 2.24) is 0 Å². The van der Waals surface area contributed by atoms with E-state index in [-0.39, 0.29) is 5.75 Å². The van der Waals surface area contributed by atoms with Gasteiger partial charge in [0.1, 0.15) is 0 Å². The number of fused-ring (bicyclic) bond motifs is 1. The van der Waals surface area contributed by atoms with Gasteiger partial charge in [0, 0.05) is 9.60 Å². The number of carboxylic acid groups (broad SMARTS) is 1. The average Bonchev–Trinajstić information content (AvgIpc) is 2.61. The normalized spacial score (nSPS) is 10.6. The van der Waals surface area contributed by atoms with E-state index in [9.17, 15) is 4.79 Å². The van der Waals surface area contributed by atoms with Crippen molar-refractivity contribution in [2.24, 2.45) is 0 Å². The number of hydrogen-bond donors (Lipinski definition) is 1. The Hall–Kier alpha value is -1.00. The summed E-state index contributed by atoms with van der Waals surface area (Å²) in [4.78, 5) is 11.4. The number of thioether (sulfide) groups is 1. The molecule has 4 heteroatoms. The van der Waals surface area contributed by atoms with Gasteiger partial charge in [0.2, 0.25) is 0 Å². The van der Waals surface area contributed by atoms with Crippen molar-refractivity contribution in [3.05, 3.63) is 29.6 Å². The van der Waals surface area contributed by atoms with Crippen molar-refractivity contribution < 1.29 is 9.90 Å². The molecule has 0 atom stereocenters. The van der Waals surface area contributed by atoms with E-state index < -0.39 is 5.97 Å². The molecule has 2 rings (SSSR count). The predicted molar refractivity (Wildman–Crippen MR) is 60.2 cm³/mol. The molecule has 2 aromatic rings. The minimum Gasteiger partial charge on any atom is -0.481 e. The SMILES string of the molecule is O=C(O)CSc1ccc2sccc2c1. The van der Waals surface area contributed by atoms with E-state index in [1.165, 1.54) is 21.8 Å². The summed E-state index contributed by atoms with van der Waals surface area (Å²) in [6, 6.07) is 8.07. The van der Waals surface area contributed by atoms with Gasteiger partial charge in [-0.15, -0.1) is 23.1 Å². The third kappa shape index (κ3) is 2.08. The van der Waals surface area contributed by atoms with E-state index in [1.54, 1.807) is 11.3 Å². The smallest absolute Gasteiger partial charge is 0.313 e. The Labute approximate surface area is 89.6 Å². The van der Waals surface area contributed by atoms with Gasteiger partial charge in [-0.25, -0.2) is 0 Å². The van der Waals surface area contributed by atoms with Gasteiger partial charge in [0.25, 0.3) is 0 Å². The minimum atomic E-state index is -0.777. The summed E-state index contributed by atoms with van der Waals surface area (Å²) in [6.07, 6.45) is 0. The van der Waals surface area contributed by atoms with Crippen LogP contribution in [0.3, 0.4) is 0 Å². The van der Waals surface area contributed by atoms with Crippen molar-refractivity contribution in [3.8, 4) is 0 Å². The maximum Gasteiger partial charge on any atom is 0.313 e. The van der Waals surface area contributed by atoms with E-state index in [4.69, 9.17) is 5.11 Å². The number of thiophene rings is 1. The maximum absolute atomic E-state index is 10.4. The lowest BCUT2D eigenvalue weighted by Crippen LogP contribution is -1.96. The summed E-state index contributed by atoms with van der Waals surface area (Å²) >= 11 is 3.05. The Morgan fingerprint density at radius 2 is 2.29 bits per heavy atom. The summed E-state index contributed by atoms with van der Waals surface area (Å²) in [5.74, 6) is -0.657. The average molecular weight is 224 g/mol. The molecule has 0 amide bonds. The molecule has 1 N–H and O–H groups in total. The van der Waals surface area contributed by atoms with Crippen molar-refractivity contribution in [2.75, 3.05) is 5.75 Å². The molecule has 0 unspecified atom stereocenters. The van der Waals surface area contributed by atoms with Crippen LogP contribution in [-0.4, -0.2) is 16.8 Å². The van der Waals surface area contributed by atoms with Gasteiger partial charge in [-0.2, -0.15) is 0 Å². The van der Waals surface area contributed by atoms with Crippen molar-refractivity contribution >= 4 is 39.2 Å². The van der Waals surface area contributed by atoms with Crippen LogP contribution in [0.25, 0.3) is 10.1 Å². The van der Waals surface area contributed by atoms with Gasteiger partial charge in [0.15, 0.2) is 0 Å². The maximum atomic E-state index is 10.4. The molecule has 0 saturated heterocycles. The fourth-order valence-electron chi connectivity index (χ4n) is 1.18. The first-order chi connectivity index (χ1) is 6.75. The molecule has 0 bridgehead atoms. The van der Waals surface area contributed by atoms with E-state index in [2.05, 4.69) is 0 Å². The van der Waals surface area contributed by atoms with Crippen molar-refractivity contribution in [1.29, 1.82) is 0 Å². The lowest BCUT2D eigenvalue weighted by Gasteiger charge is -1.98. The second-order valence-corrected chi connectivity index (χ2v) is 4.80. The number of benzene rings is 1. The summed E-state index contributed by atoms with van der Waals surface area (Å²) in [5.41, 5.74) is 0. The Morgan fingerprint density at radius 3 is 3.07 bits per heavy atom. The first kappa shape index (κ1) is 9.55. The molecular weight excluding hydrogens is 216 g/mol. The summed E-state index contributed by atoms with van der Waals surface area (Å²) in [7, 11) is 0. The summed E-state index contributed by atoms with van der Waals surface area (Å²) < 4.78 is 1.24. The highest BCUT2D eigenvalue weighted by Gasteiger charge is 2.01. The highest BCUT2D eigenvalue weighted by molar-refractivity contribution is 8.00. The molecule has 0 aliphatic rings. The molecule has 14 heavy (non-hydrogen) atoms. The van der Waals surface area contributed by atoms with Gasteiger partial charge < -0.3 is 5.11 Å². The molecule has 0 spiro atoms. The fraction of sp³-hybridized carbons (Fsp3) is 0.100. The van der Waals surface area contributed by atoms with Crippen LogP contribution in [-0.2, 0) is 4.79 Å². The Bertz CT molecular complexity index is 462. The van der Waals surface area contributed by atoms with Gasteiger partial charge in [0.05, 0.1) is 5.75 Å². The zero-order chi connectivity index (χ0) is 9.97. The highest BCUT2D eigenvalue weighted by Crippen LogP contribution is 2.26. The largest absolute Gasteiger partial charge is 0.481 e. The monoisotopic (exact) mass is 224 g/mol. The number of carbonyl (C=O) groups is 1. The topological polar surface area (TPSA) is 37.3 Å². The highest BCUT2D eigenvalue weighted by atomic mass is 32.2. The van der Waals surface area contributed by atoms with Crippen molar-refractivity contribution in [2.45, 2.75) is 4.90 Å². The third-order valence-electron chi connectivity index (χ3n) is 1.79. The number of rotatable bonds is 3. The Kier molecular flexibility index (Phi) is 2.74. The van der Waals surface area contributed by atoms with E-state index in [0.29, 0.717) is 0 Å². The predicted octanol–water partition coefficient (Wildman–Crippen LogP) is 3.08. The second kappa shape index (κ2) is 4.02. The zero-order valence-electron chi connectivity index (χ0n) is 7.27. The van der Waals surface area contributed by atoms with Crippen LogP contribution in [0, 0.1) is 0 Å². The van der Waals surface area contributed by atoms with E-state index >= 15 is 0 Å². The molecule has 2 nitrogen and oxygen atoms in total. The van der Waals surface area contributed by atoms with Gasteiger partial charge in [-0.3, -0.25) is 4.79 Å². The Morgan fingerprint density at radius 1 is 1.43 bits per heavy atom. The molecular formula is C10H8O2S2. The number of aliphatic carboxylic acids is 1. The third-order valence-corrected chi connectivity index (χ3v) is 3.66. The lowest BCUT2D eigenvalue weighted by atomic mass is 10.3. The number of hydrogen-bond acceptors (Lipinski definition) is 3. The van der Waals surface area contributed by atoms with Crippen LogP contribution in [0.2, 0.25) is 0 Å².